The van der Waals surface area contributed by atoms with Crippen LogP contribution in [-0.4, -0.2) is 46.8 Å². The fourth-order valence-corrected chi connectivity index (χ4v) is 2.98. The third kappa shape index (κ3) is 4.08. The fourth-order valence-electron chi connectivity index (χ4n) is 2.98. The lowest BCUT2D eigenvalue weighted by molar-refractivity contribution is -0.140. The Bertz CT molecular complexity index is 930. The average molecular weight is 396 g/mol. The van der Waals surface area contributed by atoms with Crippen LogP contribution in [0.5, 0.6) is 5.75 Å². The van der Waals surface area contributed by atoms with Crippen molar-refractivity contribution < 1.29 is 23.9 Å². The quantitative estimate of drug-likeness (QED) is 0.603. The molecule has 1 fully saturated rings. The van der Waals surface area contributed by atoms with Crippen molar-refractivity contribution in [1.29, 1.82) is 0 Å². The summed E-state index contributed by atoms with van der Waals surface area (Å²) in [6, 6.07) is 8.40. The Labute approximate surface area is 167 Å². The van der Waals surface area contributed by atoms with Crippen molar-refractivity contribution >= 4 is 29.3 Å². The second-order valence-electron chi connectivity index (χ2n) is 6.29. The van der Waals surface area contributed by atoms with Crippen LogP contribution < -0.4 is 15.1 Å². The number of carbonyl (C=O) groups is 4. The van der Waals surface area contributed by atoms with Crippen LogP contribution in [0.3, 0.4) is 0 Å². The van der Waals surface area contributed by atoms with Crippen LogP contribution in [0.4, 0.5) is 5.69 Å². The summed E-state index contributed by atoms with van der Waals surface area (Å²) >= 11 is 0. The summed E-state index contributed by atoms with van der Waals surface area (Å²) in [5.41, 5.74) is 3.05. The van der Waals surface area contributed by atoms with Gasteiger partial charge in [0, 0.05) is 18.8 Å². The summed E-state index contributed by atoms with van der Waals surface area (Å²) in [7, 11) is 1.51. The summed E-state index contributed by atoms with van der Waals surface area (Å²) in [5.74, 6) is -1.55. The maximum atomic E-state index is 13.0. The van der Waals surface area contributed by atoms with Crippen molar-refractivity contribution in [3.05, 3.63) is 54.4 Å². The number of carbonyl (C=O) groups excluding carboxylic acids is 4. The summed E-state index contributed by atoms with van der Waals surface area (Å²) in [6.45, 7) is 1.61. The Hall–Kier alpha value is -3.75. The third-order valence-electron chi connectivity index (χ3n) is 4.48. The normalized spacial score (nSPS) is 15.9. The number of nitrogens with one attached hydrogen (secondary N) is 1. The molecule has 150 valence electrons. The summed E-state index contributed by atoms with van der Waals surface area (Å²) in [6.07, 6.45) is 2.67. The molecule has 1 aliphatic heterocycles. The SMILES string of the molecule is CCC(=O)N(NC(=O)c1cccnc1)[C@@H]1CC(=O)N(c2ccc(OC)cc2)C1=O. The van der Waals surface area contributed by atoms with Gasteiger partial charge in [-0.3, -0.25) is 29.6 Å². The molecule has 29 heavy (non-hydrogen) atoms. The zero-order chi connectivity index (χ0) is 21.0. The second kappa shape index (κ2) is 8.51. The van der Waals surface area contributed by atoms with Crippen LogP contribution in [0.2, 0.25) is 0 Å². The first-order chi connectivity index (χ1) is 14.0. The second-order valence-corrected chi connectivity index (χ2v) is 6.29. The van der Waals surface area contributed by atoms with Gasteiger partial charge in [-0.05, 0) is 36.4 Å². The third-order valence-corrected chi connectivity index (χ3v) is 4.48. The van der Waals surface area contributed by atoms with Crippen LogP contribution in [0.25, 0.3) is 0 Å². The number of imide groups is 1. The van der Waals surface area contributed by atoms with Crippen molar-refractivity contribution in [2.45, 2.75) is 25.8 Å². The first kappa shape index (κ1) is 20.0. The number of aromatic nitrogens is 1. The molecule has 3 rings (SSSR count). The lowest BCUT2D eigenvalue weighted by Crippen LogP contribution is -2.54. The molecule has 9 heteroatoms. The van der Waals surface area contributed by atoms with Crippen LogP contribution in [0.15, 0.2) is 48.8 Å². The number of hydrogen-bond acceptors (Lipinski definition) is 6. The Morgan fingerprint density at radius 2 is 1.97 bits per heavy atom. The lowest BCUT2D eigenvalue weighted by Gasteiger charge is -2.27. The van der Waals surface area contributed by atoms with E-state index in [0.29, 0.717) is 11.4 Å². The van der Waals surface area contributed by atoms with Gasteiger partial charge in [0.25, 0.3) is 11.8 Å². The van der Waals surface area contributed by atoms with Gasteiger partial charge in [0.05, 0.1) is 24.8 Å². The van der Waals surface area contributed by atoms with Crippen LogP contribution >= 0.6 is 0 Å². The number of nitrogens with zero attached hydrogens (tertiary/aromatic N) is 3. The predicted molar refractivity (Wildman–Crippen MR) is 103 cm³/mol. The maximum absolute atomic E-state index is 13.0. The molecule has 0 spiro atoms. The van der Waals surface area contributed by atoms with Gasteiger partial charge in [-0.1, -0.05) is 6.92 Å². The number of pyridine rings is 1. The highest BCUT2D eigenvalue weighted by molar-refractivity contribution is 6.23. The molecule has 9 nitrogen and oxygen atoms in total. The number of rotatable bonds is 5. The van der Waals surface area contributed by atoms with Crippen LogP contribution in [-0.2, 0) is 14.4 Å². The minimum absolute atomic E-state index is 0.0494. The van der Waals surface area contributed by atoms with E-state index in [0.717, 1.165) is 9.91 Å². The molecule has 1 aromatic carbocycles. The van der Waals surface area contributed by atoms with Gasteiger partial charge in [0.2, 0.25) is 11.8 Å². The number of hydrazine groups is 1. The zero-order valence-electron chi connectivity index (χ0n) is 16.0. The average Bonchev–Trinajstić information content (AvgIpc) is 3.05. The number of hydrogen-bond donors (Lipinski definition) is 1. The molecule has 0 unspecified atom stereocenters. The minimum Gasteiger partial charge on any atom is -0.497 e. The van der Waals surface area contributed by atoms with Gasteiger partial charge in [0.15, 0.2) is 0 Å². The molecular formula is C20H20N4O5. The maximum Gasteiger partial charge on any atom is 0.271 e. The number of anilines is 1. The molecule has 1 saturated heterocycles. The monoisotopic (exact) mass is 396 g/mol. The molecule has 0 radical (unpaired) electrons. The number of methoxy groups -OCH3 is 1. The lowest BCUT2D eigenvalue weighted by atomic mass is 10.2. The largest absolute Gasteiger partial charge is 0.497 e. The van der Waals surface area contributed by atoms with E-state index in [1.165, 1.54) is 25.6 Å². The van der Waals surface area contributed by atoms with E-state index < -0.39 is 29.7 Å². The van der Waals surface area contributed by atoms with Crippen LogP contribution in [0, 0.1) is 0 Å². The molecule has 4 amide bonds. The summed E-state index contributed by atoms with van der Waals surface area (Å²) < 4.78 is 5.08. The summed E-state index contributed by atoms with van der Waals surface area (Å²) in [4.78, 5) is 55.3. The van der Waals surface area contributed by atoms with E-state index >= 15 is 0 Å². The Kier molecular flexibility index (Phi) is 5.87. The highest BCUT2D eigenvalue weighted by Gasteiger charge is 2.45. The van der Waals surface area contributed by atoms with Gasteiger partial charge in [0.1, 0.15) is 11.8 Å². The molecule has 0 bridgehead atoms. The van der Waals surface area contributed by atoms with E-state index in [2.05, 4.69) is 10.4 Å². The Balaban J connectivity index is 1.84. The number of amides is 4. The molecule has 2 heterocycles. The van der Waals surface area contributed by atoms with E-state index in [1.54, 1.807) is 37.3 Å². The Morgan fingerprint density at radius 1 is 1.24 bits per heavy atom. The van der Waals surface area contributed by atoms with E-state index in [9.17, 15) is 19.2 Å². The van der Waals surface area contributed by atoms with E-state index in [4.69, 9.17) is 4.74 Å². The van der Waals surface area contributed by atoms with Crippen molar-refractivity contribution in [2.75, 3.05) is 12.0 Å². The predicted octanol–water partition coefficient (Wildman–Crippen LogP) is 1.31. The van der Waals surface area contributed by atoms with Gasteiger partial charge in [-0.2, -0.15) is 0 Å². The molecule has 1 N–H and O–H groups in total. The number of benzene rings is 1. The number of ether oxygens (including phenoxy) is 1. The van der Waals surface area contributed by atoms with Crippen molar-refractivity contribution in [2.24, 2.45) is 0 Å². The smallest absolute Gasteiger partial charge is 0.271 e. The topological polar surface area (TPSA) is 109 Å². The molecule has 1 atom stereocenters. The highest BCUT2D eigenvalue weighted by atomic mass is 16.5. The van der Waals surface area contributed by atoms with E-state index in [-0.39, 0.29) is 18.4 Å². The standard InChI is InChI=1S/C20H20N4O5/c1-3-17(25)24(22-19(27)13-5-4-10-21-12-13)16-11-18(26)23(20(16)28)14-6-8-15(29-2)9-7-14/h4-10,12,16H,3,11H2,1-2H3,(H,22,27)/t16-/m1/s1. The molecular weight excluding hydrogens is 376 g/mol. The zero-order valence-corrected chi connectivity index (χ0v) is 16.0. The van der Waals surface area contributed by atoms with Gasteiger partial charge in [-0.15, -0.1) is 0 Å². The fraction of sp³-hybridized carbons (Fsp3) is 0.250. The first-order valence-corrected chi connectivity index (χ1v) is 9.00. The summed E-state index contributed by atoms with van der Waals surface area (Å²) in [5, 5.41) is 0.944. The molecule has 0 aliphatic carbocycles. The van der Waals surface area contributed by atoms with Crippen molar-refractivity contribution in [3.8, 4) is 5.75 Å². The van der Waals surface area contributed by atoms with Gasteiger partial charge >= 0.3 is 0 Å². The highest BCUT2D eigenvalue weighted by Crippen LogP contribution is 2.27. The molecule has 1 aromatic heterocycles. The van der Waals surface area contributed by atoms with Crippen molar-refractivity contribution in [1.82, 2.24) is 15.4 Å². The van der Waals surface area contributed by atoms with Gasteiger partial charge < -0.3 is 4.74 Å². The first-order valence-electron chi connectivity index (χ1n) is 9.00. The molecule has 0 saturated carbocycles. The molecule has 1 aliphatic rings. The van der Waals surface area contributed by atoms with E-state index in [1.807, 2.05) is 0 Å². The van der Waals surface area contributed by atoms with Crippen molar-refractivity contribution in [3.63, 3.8) is 0 Å². The van der Waals surface area contributed by atoms with Gasteiger partial charge in [-0.25, -0.2) is 9.91 Å². The molecule has 2 aromatic rings. The Morgan fingerprint density at radius 3 is 2.55 bits per heavy atom. The minimum atomic E-state index is -1.13. The van der Waals surface area contributed by atoms with Crippen LogP contribution in [0.1, 0.15) is 30.1 Å².